The average Bonchev–Trinajstić information content (AvgIpc) is 3.38. The predicted octanol–water partition coefficient (Wildman–Crippen LogP) is 3.27. The summed E-state index contributed by atoms with van der Waals surface area (Å²) in [5.41, 5.74) is 3.35. The van der Waals surface area contributed by atoms with Crippen LogP contribution in [0.25, 0.3) is 11.1 Å². The summed E-state index contributed by atoms with van der Waals surface area (Å²) in [5, 5.41) is 7.92. The summed E-state index contributed by atoms with van der Waals surface area (Å²) in [5.74, 6) is 0.555. The Balaban J connectivity index is 1.67. The molecule has 31 heavy (non-hydrogen) atoms. The Kier molecular flexibility index (Phi) is 6.00. The molecule has 0 aliphatic carbocycles. The molecule has 166 valence electrons. The van der Waals surface area contributed by atoms with Crippen molar-refractivity contribution in [3.8, 4) is 11.1 Å². The van der Waals surface area contributed by atoms with E-state index in [1.807, 2.05) is 56.0 Å². The van der Waals surface area contributed by atoms with Crippen LogP contribution in [0.3, 0.4) is 0 Å². The van der Waals surface area contributed by atoms with E-state index in [1.165, 1.54) is 6.42 Å². The lowest BCUT2D eigenvalue weighted by Gasteiger charge is -2.40. The molecule has 0 unspecified atom stereocenters. The first kappa shape index (κ1) is 21.4. The van der Waals surface area contributed by atoms with Crippen molar-refractivity contribution in [2.75, 3.05) is 29.4 Å². The number of aromatic nitrogens is 2. The molecule has 0 spiro atoms. The van der Waals surface area contributed by atoms with Crippen molar-refractivity contribution >= 4 is 23.4 Å². The maximum Gasteiger partial charge on any atom is 0.414 e. The third-order valence-corrected chi connectivity index (χ3v) is 5.88. The number of nitrogens with one attached hydrogen (secondary N) is 1. The zero-order valence-corrected chi connectivity index (χ0v) is 18.7. The van der Waals surface area contributed by atoms with E-state index in [4.69, 9.17) is 4.74 Å². The molecule has 3 heterocycles. The van der Waals surface area contributed by atoms with Gasteiger partial charge in [-0.15, -0.1) is 0 Å². The summed E-state index contributed by atoms with van der Waals surface area (Å²) in [4.78, 5) is 28.5. The van der Waals surface area contributed by atoms with Crippen LogP contribution in [0.2, 0.25) is 0 Å². The van der Waals surface area contributed by atoms with Crippen molar-refractivity contribution in [2.24, 2.45) is 5.92 Å². The molecule has 1 saturated heterocycles. The molecular weight excluding hydrogens is 394 g/mol. The number of carbonyl (C=O) groups is 2. The van der Waals surface area contributed by atoms with Gasteiger partial charge in [-0.2, -0.15) is 5.10 Å². The number of amides is 2. The number of carbonyl (C=O) groups excluding carboxylic acids is 2. The Hall–Kier alpha value is -2.87. The Morgan fingerprint density at radius 3 is 2.74 bits per heavy atom. The molecular formula is C23H31N5O3. The largest absolute Gasteiger partial charge is 0.446 e. The van der Waals surface area contributed by atoms with Crippen LogP contribution in [0, 0.1) is 5.92 Å². The molecule has 4 rings (SSSR count). The smallest absolute Gasteiger partial charge is 0.414 e. The third-order valence-electron chi connectivity index (χ3n) is 5.88. The van der Waals surface area contributed by atoms with Crippen molar-refractivity contribution in [3.63, 3.8) is 0 Å². The molecule has 1 N–H and O–H groups in total. The lowest BCUT2D eigenvalue weighted by atomic mass is 10.0. The highest BCUT2D eigenvalue weighted by Gasteiger charge is 2.35. The first-order valence-electron chi connectivity index (χ1n) is 11.0. The molecule has 0 radical (unpaired) electrons. The van der Waals surface area contributed by atoms with E-state index in [2.05, 4.69) is 10.4 Å². The van der Waals surface area contributed by atoms with Crippen LogP contribution in [0.4, 0.5) is 16.2 Å². The summed E-state index contributed by atoms with van der Waals surface area (Å²) < 4.78 is 7.46. The van der Waals surface area contributed by atoms with Crippen molar-refractivity contribution in [1.82, 2.24) is 15.1 Å². The van der Waals surface area contributed by atoms with E-state index < -0.39 is 6.09 Å². The van der Waals surface area contributed by atoms with E-state index in [0.717, 1.165) is 36.4 Å². The maximum atomic E-state index is 12.8. The van der Waals surface area contributed by atoms with Crippen LogP contribution in [-0.2, 0) is 16.1 Å². The molecule has 8 heteroatoms. The normalized spacial score (nSPS) is 20.8. The number of fused-ring (bicyclic) bond motifs is 1. The van der Waals surface area contributed by atoms with Crippen molar-refractivity contribution < 1.29 is 14.3 Å². The van der Waals surface area contributed by atoms with Gasteiger partial charge in [-0.1, -0.05) is 6.07 Å². The molecule has 1 aromatic heterocycles. The molecule has 0 saturated carbocycles. The first-order valence-corrected chi connectivity index (χ1v) is 11.0. The second-order valence-corrected chi connectivity index (χ2v) is 8.79. The van der Waals surface area contributed by atoms with Gasteiger partial charge in [0.15, 0.2) is 0 Å². The van der Waals surface area contributed by atoms with Crippen LogP contribution in [0.5, 0.6) is 0 Å². The van der Waals surface area contributed by atoms with Crippen molar-refractivity contribution in [1.29, 1.82) is 0 Å². The highest BCUT2D eigenvalue weighted by atomic mass is 16.6. The average molecular weight is 426 g/mol. The molecule has 1 aromatic carbocycles. The molecule has 2 aliphatic heterocycles. The van der Waals surface area contributed by atoms with E-state index in [0.29, 0.717) is 18.2 Å². The molecule has 1 fully saturated rings. The molecule has 2 aliphatic rings. The number of hydrogen-bond donors (Lipinski definition) is 1. The highest BCUT2D eigenvalue weighted by Crippen LogP contribution is 2.39. The van der Waals surface area contributed by atoms with Gasteiger partial charge in [0.25, 0.3) is 0 Å². The molecule has 2 amide bonds. The van der Waals surface area contributed by atoms with Gasteiger partial charge in [0.2, 0.25) is 5.91 Å². The number of nitrogens with zero attached hydrogens (tertiary/aromatic N) is 4. The minimum Gasteiger partial charge on any atom is -0.446 e. The van der Waals surface area contributed by atoms with E-state index in [1.54, 1.807) is 16.7 Å². The summed E-state index contributed by atoms with van der Waals surface area (Å²) in [6, 6.07) is 5.71. The maximum absolute atomic E-state index is 12.8. The summed E-state index contributed by atoms with van der Waals surface area (Å²) in [6.45, 7) is 10.5. The molecule has 8 nitrogen and oxygen atoms in total. The second kappa shape index (κ2) is 8.70. The van der Waals surface area contributed by atoms with Gasteiger partial charge in [0.1, 0.15) is 0 Å². The minimum absolute atomic E-state index is 0.0450. The lowest BCUT2D eigenvalue weighted by Crippen LogP contribution is -2.51. The van der Waals surface area contributed by atoms with Crippen molar-refractivity contribution in [3.05, 3.63) is 30.6 Å². The Morgan fingerprint density at radius 2 is 2.06 bits per heavy atom. The molecule has 0 bridgehead atoms. The Morgan fingerprint density at radius 1 is 1.26 bits per heavy atom. The van der Waals surface area contributed by atoms with Crippen LogP contribution in [-0.4, -0.2) is 53.6 Å². The zero-order chi connectivity index (χ0) is 22.1. The Bertz CT molecular complexity index is 964. The molecule has 2 atom stereocenters. The van der Waals surface area contributed by atoms with Crippen LogP contribution in [0.1, 0.15) is 34.1 Å². The van der Waals surface area contributed by atoms with E-state index in [-0.39, 0.29) is 18.1 Å². The number of hydrogen-bond acceptors (Lipinski definition) is 5. The van der Waals surface area contributed by atoms with Crippen molar-refractivity contribution in [2.45, 2.75) is 52.8 Å². The second-order valence-electron chi connectivity index (χ2n) is 8.79. The number of rotatable bonds is 4. The fourth-order valence-electron chi connectivity index (χ4n) is 4.47. The first-order chi connectivity index (χ1) is 14.8. The zero-order valence-electron chi connectivity index (χ0n) is 18.7. The quantitative estimate of drug-likeness (QED) is 0.813. The fourth-order valence-corrected chi connectivity index (χ4v) is 4.47. The lowest BCUT2D eigenvalue weighted by molar-refractivity contribution is -0.117. The summed E-state index contributed by atoms with van der Waals surface area (Å²) >= 11 is 0. The Labute approximate surface area is 183 Å². The predicted molar refractivity (Wildman–Crippen MR) is 120 cm³/mol. The SMILES string of the molecule is CC(=O)N1c2ccc(-c3cnn(C[C@H]4CCNC4)c3)cc2N(C(=O)OC(C)C)C[C@@H]1C. The highest BCUT2D eigenvalue weighted by molar-refractivity contribution is 6.03. The third kappa shape index (κ3) is 4.44. The van der Waals surface area contributed by atoms with Gasteiger partial charge in [0.05, 0.1) is 29.7 Å². The standard InChI is InChI=1S/C23H31N5O3/c1-15(2)31-23(30)27-12-16(3)28(17(4)29)21-6-5-19(9-22(21)27)20-11-25-26(14-20)13-18-7-8-24-10-18/h5-6,9,11,14-16,18,24H,7-8,10,12-13H2,1-4H3/t16-,18-/m0/s1. The van der Waals surface area contributed by atoms with Crippen LogP contribution >= 0.6 is 0 Å². The van der Waals surface area contributed by atoms with Gasteiger partial charge in [-0.3, -0.25) is 14.4 Å². The van der Waals surface area contributed by atoms with E-state index in [9.17, 15) is 9.59 Å². The van der Waals surface area contributed by atoms with Gasteiger partial charge in [-0.25, -0.2) is 4.79 Å². The van der Waals surface area contributed by atoms with Crippen LogP contribution in [0.15, 0.2) is 30.6 Å². The number of benzene rings is 1. The monoisotopic (exact) mass is 425 g/mol. The minimum atomic E-state index is -0.395. The number of ether oxygens (including phenoxy) is 1. The molecule has 2 aromatic rings. The summed E-state index contributed by atoms with van der Waals surface area (Å²) in [7, 11) is 0. The van der Waals surface area contributed by atoms with Gasteiger partial charge in [-0.05, 0) is 63.9 Å². The van der Waals surface area contributed by atoms with Gasteiger partial charge < -0.3 is 15.0 Å². The van der Waals surface area contributed by atoms with E-state index >= 15 is 0 Å². The fraction of sp³-hybridized carbons (Fsp3) is 0.522. The van der Waals surface area contributed by atoms with Crippen LogP contribution < -0.4 is 15.1 Å². The van der Waals surface area contributed by atoms with Gasteiger partial charge >= 0.3 is 6.09 Å². The number of anilines is 2. The van der Waals surface area contributed by atoms with Gasteiger partial charge in [0, 0.05) is 31.8 Å². The topological polar surface area (TPSA) is 79.7 Å². The summed E-state index contributed by atoms with van der Waals surface area (Å²) in [6.07, 6.45) is 4.46.